The van der Waals surface area contributed by atoms with Gasteiger partial charge in [0.2, 0.25) is 11.8 Å². The van der Waals surface area contributed by atoms with Crippen LogP contribution in [0.5, 0.6) is 17.2 Å². The first kappa shape index (κ1) is 33.4. The number of imide groups is 1. The van der Waals surface area contributed by atoms with Gasteiger partial charge in [0, 0.05) is 21.7 Å². The molecule has 2 bridgehead atoms. The Bertz CT molecular complexity index is 2120. The fourth-order valence-electron chi connectivity index (χ4n) is 8.55. The molecule has 7 atom stereocenters. The Morgan fingerprint density at radius 2 is 1.67 bits per heavy atom. The van der Waals surface area contributed by atoms with E-state index >= 15 is 0 Å². The van der Waals surface area contributed by atoms with Crippen LogP contribution >= 0.6 is 23.1 Å². The monoisotopic (exact) mass is 737 g/mol. The highest BCUT2D eigenvalue weighted by molar-refractivity contribution is 8.00. The molecule has 51 heavy (non-hydrogen) atoms. The van der Waals surface area contributed by atoms with Crippen molar-refractivity contribution in [3.63, 3.8) is 0 Å². The molecule has 1 saturated heterocycles. The normalized spacial score (nSPS) is 26.1. The highest BCUT2D eigenvalue weighted by Crippen LogP contribution is 2.69. The molecular formula is C36H30F3N3O7S2. The maximum Gasteiger partial charge on any atom is 0.418 e. The van der Waals surface area contributed by atoms with Gasteiger partial charge in [-0.05, 0) is 78.3 Å². The van der Waals surface area contributed by atoms with Crippen LogP contribution in [0.15, 0.2) is 76.6 Å². The molecule has 10 nitrogen and oxygen atoms in total. The molecule has 8 rings (SSSR count). The van der Waals surface area contributed by atoms with Crippen LogP contribution in [0.1, 0.15) is 28.3 Å². The van der Waals surface area contributed by atoms with Gasteiger partial charge in [0.25, 0.3) is 5.91 Å². The third-order valence-corrected chi connectivity index (χ3v) is 13.0. The number of hydrogen-bond acceptors (Lipinski definition) is 9. The average Bonchev–Trinajstić information content (AvgIpc) is 3.85. The number of nitrogens with zero attached hydrogens (tertiary/aromatic N) is 1. The molecule has 4 aromatic rings. The van der Waals surface area contributed by atoms with Gasteiger partial charge in [-0.15, -0.1) is 11.8 Å². The molecule has 0 spiro atoms. The number of H-pyrrole nitrogens is 1. The number of ether oxygens (including phenoxy) is 3. The molecular weight excluding hydrogens is 708 g/mol. The Hall–Kier alpha value is -4.76. The van der Waals surface area contributed by atoms with E-state index in [0.717, 1.165) is 32.7 Å². The van der Waals surface area contributed by atoms with E-state index < -0.39 is 41.1 Å². The Morgan fingerprint density at radius 3 is 2.37 bits per heavy atom. The molecule has 264 valence electrons. The van der Waals surface area contributed by atoms with E-state index in [1.165, 1.54) is 37.1 Å². The number of methoxy groups -OCH3 is 2. The van der Waals surface area contributed by atoms with Crippen molar-refractivity contribution in [2.75, 3.05) is 31.0 Å². The summed E-state index contributed by atoms with van der Waals surface area (Å²) >= 11 is 2.56. The van der Waals surface area contributed by atoms with Crippen LogP contribution in [-0.2, 0) is 20.6 Å². The van der Waals surface area contributed by atoms with Crippen LogP contribution in [0.4, 0.5) is 24.5 Å². The summed E-state index contributed by atoms with van der Waals surface area (Å²) in [6.45, 7) is -0.299. The number of thiazole rings is 1. The second-order valence-electron chi connectivity index (χ2n) is 13.0. The fraction of sp³-hybridized carbons (Fsp3) is 0.333. The third-order valence-electron chi connectivity index (χ3n) is 10.5. The predicted octanol–water partition coefficient (Wildman–Crippen LogP) is 6.17. The van der Waals surface area contributed by atoms with Gasteiger partial charge in [0.1, 0.15) is 5.75 Å². The summed E-state index contributed by atoms with van der Waals surface area (Å²) in [4.78, 5) is 57.6. The Balaban J connectivity index is 1.09. The third kappa shape index (κ3) is 5.48. The summed E-state index contributed by atoms with van der Waals surface area (Å²) < 4.78 is 58.7. The van der Waals surface area contributed by atoms with Crippen molar-refractivity contribution >= 4 is 52.2 Å². The number of alkyl halides is 3. The Morgan fingerprint density at radius 1 is 0.941 bits per heavy atom. The fourth-order valence-corrected chi connectivity index (χ4v) is 11.4. The van der Waals surface area contributed by atoms with Gasteiger partial charge in [0.15, 0.2) is 18.1 Å². The Kier molecular flexibility index (Phi) is 8.17. The SMILES string of the molecule is COc1ccc(NC(=O)COc2ccc([C@H]3c4sc(=O)[nH]c4SC4C5CC(C6C(=O)N(c7ccccc7C(F)(F)F)C(=O)C56)C43)cc2OC)cc1. The lowest BCUT2D eigenvalue weighted by Crippen LogP contribution is -2.42. The summed E-state index contributed by atoms with van der Waals surface area (Å²) in [5.74, 6) is -2.96. The molecule has 0 radical (unpaired) electrons. The van der Waals surface area contributed by atoms with Crippen molar-refractivity contribution < 1.29 is 41.8 Å². The highest BCUT2D eigenvalue weighted by atomic mass is 32.2. The number of hydrogen-bond donors (Lipinski definition) is 2. The maximum atomic E-state index is 14.1. The van der Waals surface area contributed by atoms with Gasteiger partial charge in [-0.2, -0.15) is 13.2 Å². The van der Waals surface area contributed by atoms with Crippen molar-refractivity contribution in [2.24, 2.45) is 29.6 Å². The van der Waals surface area contributed by atoms with E-state index in [-0.39, 0.29) is 46.3 Å². The first-order valence-corrected chi connectivity index (χ1v) is 17.9. The number of rotatable bonds is 8. The van der Waals surface area contributed by atoms with Crippen LogP contribution in [0.2, 0.25) is 0 Å². The number of carbonyl (C=O) groups is 3. The van der Waals surface area contributed by atoms with E-state index in [9.17, 15) is 32.3 Å². The number of nitrogens with one attached hydrogen (secondary N) is 2. The van der Waals surface area contributed by atoms with E-state index in [4.69, 9.17) is 14.2 Å². The molecule has 15 heteroatoms. The van der Waals surface area contributed by atoms with E-state index in [2.05, 4.69) is 10.3 Å². The quantitative estimate of drug-likeness (QED) is 0.206. The topological polar surface area (TPSA) is 127 Å². The summed E-state index contributed by atoms with van der Waals surface area (Å²) in [7, 11) is 3.02. The number of benzene rings is 3. The van der Waals surface area contributed by atoms with Gasteiger partial charge in [-0.25, -0.2) is 4.90 Å². The van der Waals surface area contributed by atoms with E-state index in [0.29, 0.717) is 34.4 Å². The number of aromatic amines is 1. The molecule has 1 aromatic heterocycles. The minimum Gasteiger partial charge on any atom is -0.497 e. The lowest BCUT2D eigenvalue weighted by molar-refractivity contribution is -0.137. The number of carbonyl (C=O) groups excluding carboxylic acids is 3. The Labute approximate surface area is 297 Å². The van der Waals surface area contributed by atoms with Crippen LogP contribution in [0.25, 0.3) is 0 Å². The largest absolute Gasteiger partial charge is 0.497 e. The van der Waals surface area contributed by atoms with Gasteiger partial charge in [-0.1, -0.05) is 29.5 Å². The smallest absolute Gasteiger partial charge is 0.418 e. The zero-order chi connectivity index (χ0) is 35.8. The van der Waals surface area contributed by atoms with Crippen molar-refractivity contribution in [3.8, 4) is 17.2 Å². The molecule has 2 aliphatic carbocycles. The second-order valence-corrected chi connectivity index (χ2v) is 15.2. The molecule has 3 heterocycles. The number of fused-ring (bicyclic) bond motifs is 9. The van der Waals surface area contributed by atoms with Gasteiger partial charge >= 0.3 is 11.0 Å². The average molecular weight is 738 g/mol. The van der Waals surface area contributed by atoms with Crippen LogP contribution in [0.3, 0.4) is 0 Å². The van der Waals surface area contributed by atoms with Crippen molar-refractivity contribution in [1.29, 1.82) is 0 Å². The lowest BCUT2D eigenvalue weighted by atomic mass is 9.68. The number of amides is 3. The summed E-state index contributed by atoms with van der Waals surface area (Å²) in [5, 5.41) is 3.28. The number of para-hydroxylation sites is 1. The van der Waals surface area contributed by atoms with Gasteiger partial charge < -0.3 is 24.5 Å². The van der Waals surface area contributed by atoms with Crippen LogP contribution in [0, 0.1) is 29.6 Å². The number of halogens is 3. The predicted molar refractivity (Wildman–Crippen MR) is 183 cm³/mol. The first-order valence-electron chi connectivity index (χ1n) is 16.2. The minimum atomic E-state index is -4.75. The molecule has 6 unspecified atom stereocenters. The molecule has 4 aliphatic rings. The molecule has 2 saturated carbocycles. The number of anilines is 2. The first-order chi connectivity index (χ1) is 24.5. The maximum absolute atomic E-state index is 14.1. The van der Waals surface area contributed by atoms with Crippen molar-refractivity contribution in [2.45, 2.75) is 28.8 Å². The van der Waals surface area contributed by atoms with Crippen LogP contribution < -0.4 is 29.3 Å². The summed E-state index contributed by atoms with van der Waals surface area (Å²) in [5.41, 5.74) is -0.117. The van der Waals surface area contributed by atoms with Gasteiger partial charge in [-0.3, -0.25) is 19.2 Å². The molecule has 2 aliphatic heterocycles. The number of aromatic nitrogens is 1. The van der Waals surface area contributed by atoms with Crippen molar-refractivity contribution in [1.82, 2.24) is 4.98 Å². The van der Waals surface area contributed by atoms with E-state index in [1.54, 1.807) is 43.5 Å². The summed E-state index contributed by atoms with van der Waals surface area (Å²) in [6.07, 6.45) is -4.18. The molecule has 2 N–H and O–H groups in total. The zero-order valence-electron chi connectivity index (χ0n) is 27.1. The van der Waals surface area contributed by atoms with Crippen LogP contribution in [-0.4, -0.2) is 48.8 Å². The summed E-state index contributed by atoms with van der Waals surface area (Å²) in [6, 6.07) is 16.9. The minimum absolute atomic E-state index is 0.169. The zero-order valence-corrected chi connectivity index (χ0v) is 28.7. The highest BCUT2D eigenvalue weighted by Gasteiger charge is 2.70. The second kappa shape index (κ2) is 12.5. The molecule has 3 aromatic carbocycles. The van der Waals surface area contributed by atoms with Crippen molar-refractivity contribution in [3.05, 3.63) is 92.4 Å². The molecule has 3 fully saturated rings. The lowest BCUT2D eigenvalue weighted by Gasteiger charge is -2.43. The number of thioether (sulfide) groups is 1. The molecule has 3 amide bonds. The standard InChI is InChI=1S/C36H30F3N3O7S2/c1-47-18-10-8-17(9-11-18)40-25(43)15-49-23-12-7-16(13-24(23)48-2)26-27-19-14-20(30(27)50-32-31(26)51-35(46)41-32)29-28(19)33(44)42(34(29)45)22-6-4-3-5-21(22)36(37,38)39/h3-13,19-20,26-30H,14-15H2,1-2H3,(H,40,43)(H,41,46)/t19?,20?,26-,27?,28?,29?,30?/m1/s1. The van der Waals surface area contributed by atoms with Gasteiger partial charge in [0.05, 0.1) is 42.3 Å². The van der Waals surface area contributed by atoms with E-state index in [1.807, 2.05) is 6.07 Å².